The zero-order valence-electron chi connectivity index (χ0n) is 15.0. The number of hydrogen-bond donors (Lipinski definition) is 3. The molecule has 1 atom stereocenters. The van der Waals surface area contributed by atoms with Crippen LogP contribution in [0.25, 0.3) is 0 Å². The molecule has 0 aliphatic heterocycles. The molecule has 0 spiro atoms. The Balaban J connectivity index is 0. The summed E-state index contributed by atoms with van der Waals surface area (Å²) >= 11 is 0. The lowest BCUT2D eigenvalue weighted by molar-refractivity contribution is 0.0698. The molecule has 0 aliphatic rings. The number of halogens is 1. The van der Waals surface area contributed by atoms with Crippen molar-refractivity contribution in [3.63, 3.8) is 0 Å². The summed E-state index contributed by atoms with van der Waals surface area (Å²) in [4.78, 5) is 4.62. The molecule has 0 saturated heterocycles. The Kier molecular flexibility index (Phi) is 21.8. The lowest BCUT2D eigenvalue weighted by Crippen LogP contribution is -2.38. The van der Waals surface area contributed by atoms with Gasteiger partial charge in [0.25, 0.3) is 0 Å². The number of ether oxygens (including phenoxy) is 2. The Hall–Kier alpha value is -0.120. The van der Waals surface area contributed by atoms with Crippen molar-refractivity contribution in [3.8, 4) is 0 Å². The highest BCUT2D eigenvalue weighted by Crippen LogP contribution is 2.10. The van der Waals surface area contributed by atoms with Gasteiger partial charge in [-0.2, -0.15) is 0 Å². The van der Waals surface area contributed by atoms with Crippen LogP contribution in [-0.4, -0.2) is 64.2 Å². The van der Waals surface area contributed by atoms with Gasteiger partial charge in [-0.3, -0.25) is 4.99 Å². The van der Waals surface area contributed by atoms with Crippen LogP contribution in [-0.2, 0) is 9.47 Å². The van der Waals surface area contributed by atoms with Crippen molar-refractivity contribution in [2.24, 2.45) is 10.9 Å². The van der Waals surface area contributed by atoms with Gasteiger partial charge in [0.05, 0.1) is 13.2 Å². The molecule has 0 aromatic carbocycles. The first-order valence-electron chi connectivity index (χ1n) is 8.48. The van der Waals surface area contributed by atoms with Gasteiger partial charge in [-0.25, -0.2) is 0 Å². The Morgan fingerprint density at radius 3 is 2.52 bits per heavy atom. The third-order valence-corrected chi connectivity index (χ3v) is 3.28. The lowest BCUT2D eigenvalue weighted by atomic mass is 10.0. The summed E-state index contributed by atoms with van der Waals surface area (Å²) in [6.45, 7) is 8.90. The number of methoxy groups -OCH3 is 1. The fourth-order valence-electron chi connectivity index (χ4n) is 2.11. The van der Waals surface area contributed by atoms with Crippen LogP contribution in [0.3, 0.4) is 0 Å². The molecule has 1 unspecified atom stereocenters. The van der Waals surface area contributed by atoms with Gasteiger partial charge in [0.2, 0.25) is 0 Å². The maximum atomic E-state index is 9.09. The average Bonchev–Trinajstić information content (AvgIpc) is 2.51. The van der Waals surface area contributed by atoms with Crippen molar-refractivity contribution in [2.75, 3.05) is 53.2 Å². The smallest absolute Gasteiger partial charge is 0.191 e. The number of nitrogens with zero attached hydrogens (tertiary/aromatic N) is 1. The third kappa shape index (κ3) is 16.5. The standard InChI is InChI=1S/C16H35N3O3.HI/c1-4-7-15(8-10-20)14-19-16(17-5-2)18-9-6-11-22-13-12-21-3;/h15,20H,4-14H2,1-3H3,(H2,17,18,19);1H. The zero-order valence-corrected chi connectivity index (χ0v) is 17.3. The van der Waals surface area contributed by atoms with Crippen molar-refractivity contribution < 1.29 is 14.6 Å². The first-order valence-corrected chi connectivity index (χ1v) is 8.48. The average molecular weight is 445 g/mol. The molecule has 0 fully saturated rings. The maximum Gasteiger partial charge on any atom is 0.191 e. The summed E-state index contributed by atoms with van der Waals surface area (Å²) in [6, 6.07) is 0. The van der Waals surface area contributed by atoms with E-state index in [4.69, 9.17) is 14.6 Å². The van der Waals surface area contributed by atoms with Gasteiger partial charge in [0, 0.05) is 40.0 Å². The van der Waals surface area contributed by atoms with E-state index in [1.807, 2.05) is 0 Å². The zero-order chi connectivity index (χ0) is 16.5. The number of aliphatic hydroxyl groups excluding tert-OH is 1. The predicted octanol–water partition coefficient (Wildman–Crippen LogP) is 2.01. The van der Waals surface area contributed by atoms with Crippen LogP contribution in [0.15, 0.2) is 4.99 Å². The lowest BCUT2D eigenvalue weighted by Gasteiger charge is -2.15. The number of nitrogens with one attached hydrogen (secondary N) is 2. The number of rotatable bonds is 14. The summed E-state index contributed by atoms with van der Waals surface area (Å²) in [7, 11) is 1.67. The molecule has 0 bridgehead atoms. The van der Waals surface area contributed by atoms with Gasteiger partial charge in [0.1, 0.15) is 0 Å². The topological polar surface area (TPSA) is 75.1 Å². The van der Waals surface area contributed by atoms with Crippen LogP contribution < -0.4 is 10.6 Å². The minimum Gasteiger partial charge on any atom is -0.396 e. The van der Waals surface area contributed by atoms with Gasteiger partial charge in [-0.15, -0.1) is 24.0 Å². The van der Waals surface area contributed by atoms with E-state index in [1.165, 1.54) is 0 Å². The maximum absolute atomic E-state index is 9.09. The van der Waals surface area contributed by atoms with Crippen molar-refractivity contribution >= 4 is 29.9 Å². The number of aliphatic imine (C=N–C) groups is 1. The number of guanidine groups is 1. The highest BCUT2D eigenvalue weighted by molar-refractivity contribution is 14.0. The Morgan fingerprint density at radius 2 is 1.91 bits per heavy atom. The van der Waals surface area contributed by atoms with E-state index in [0.717, 1.165) is 57.9 Å². The number of hydrogen-bond acceptors (Lipinski definition) is 4. The molecule has 6 nitrogen and oxygen atoms in total. The fourth-order valence-corrected chi connectivity index (χ4v) is 2.11. The number of aliphatic hydroxyl groups is 1. The molecule has 140 valence electrons. The van der Waals surface area contributed by atoms with Gasteiger partial charge < -0.3 is 25.2 Å². The Labute approximate surface area is 158 Å². The molecule has 7 heteroatoms. The normalized spacial score (nSPS) is 12.6. The molecule has 23 heavy (non-hydrogen) atoms. The summed E-state index contributed by atoms with van der Waals surface area (Å²) < 4.78 is 10.3. The molecule has 0 saturated carbocycles. The second kappa shape index (κ2) is 19.9. The summed E-state index contributed by atoms with van der Waals surface area (Å²) in [5.41, 5.74) is 0. The van der Waals surface area contributed by atoms with E-state index < -0.39 is 0 Å². The van der Waals surface area contributed by atoms with Crippen molar-refractivity contribution in [1.29, 1.82) is 0 Å². The molecule has 3 N–H and O–H groups in total. The van der Waals surface area contributed by atoms with Gasteiger partial charge in [-0.05, 0) is 32.1 Å². The third-order valence-electron chi connectivity index (χ3n) is 3.28. The van der Waals surface area contributed by atoms with Gasteiger partial charge in [0.15, 0.2) is 5.96 Å². The second-order valence-electron chi connectivity index (χ2n) is 5.27. The highest BCUT2D eigenvalue weighted by atomic mass is 127. The van der Waals surface area contributed by atoms with E-state index in [-0.39, 0.29) is 30.6 Å². The van der Waals surface area contributed by atoms with Crippen LogP contribution in [0.2, 0.25) is 0 Å². The Bertz CT molecular complexity index is 263. The van der Waals surface area contributed by atoms with E-state index in [2.05, 4.69) is 29.5 Å². The molecule has 0 amide bonds. The molecule has 0 aromatic heterocycles. The Morgan fingerprint density at radius 1 is 1.13 bits per heavy atom. The molecular weight excluding hydrogens is 409 g/mol. The minimum absolute atomic E-state index is 0. The van der Waals surface area contributed by atoms with Crippen LogP contribution >= 0.6 is 24.0 Å². The quantitative estimate of drug-likeness (QED) is 0.165. The fraction of sp³-hybridized carbons (Fsp3) is 0.938. The monoisotopic (exact) mass is 445 g/mol. The van der Waals surface area contributed by atoms with Crippen molar-refractivity contribution in [2.45, 2.75) is 39.5 Å². The van der Waals surface area contributed by atoms with Crippen LogP contribution in [0, 0.1) is 5.92 Å². The molecule has 0 aromatic rings. The van der Waals surface area contributed by atoms with Gasteiger partial charge >= 0.3 is 0 Å². The summed E-state index contributed by atoms with van der Waals surface area (Å²) in [5.74, 6) is 1.31. The van der Waals surface area contributed by atoms with E-state index in [9.17, 15) is 0 Å². The van der Waals surface area contributed by atoms with Crippen LogP contribution in [0.5, 0.6) is 0 Å². The summed E-state index contributed by atoms with van der Waals surface area (Å²) in [5, 5.41) is 15.7. The first kappa shape index (κ1) is 25.1. The van der Waals surface area contributed by atoms with Crippen LogP contribution in [0.4, 0.5) is 0 Å². The molecule has 0 rings (SSSR count). The van der Waals surface area contributed by atoms with Crippen LogP contribution in [0.1, 0.15) is 39.5 Å². The van der Waals surface area contributed by atoms with Crippen molar-refractivity contribution in [3.05, 3.63) is 0 Å². The first-order chi connectivity index (χ1) is 10.8. The SMILES string of the molecule is CCCC(CCO)CN=C(NCC)NCCCOCCOC.I. The minimum atomic E-state index is 0. The summed E-state index contributed by atoms with van der Waals surface area (Å²) in [6.07, 6.45) is 3.99. The van der Waals surface area contributed by atoms with E-state index in [1.54, 1.807) is 7.11 Å². The highest BCUT2D eigenvalue weighted by Gasteiger charge is 2.07. The van der Waals surface area contributed by atoms with Gasteiger partial charge in [-0.1, -0.05) is 13.3 Å². The van der Waals surface area contributed by atoms with E-state index in [0.29, 0.717) is 19.1 Å². The largest absolute Gasteiger partial charge is 0.396 e. The van der Waals surface area contributed by atoms with E-state index >= 15 is 0 Å². The molecule has 0 heterocycles. The predicted molar refractivity (Wildman–Crippen MR) is 107 cm³/mol. The second-order valence-corrected chi connectivity index (χ2v) is 5.27. The molecule has 0 aliphatic carbocycles. The van der Waals surface area contributed by atoms with Crippen molar-refractivity contribution in [1.82, 2.24) is 10.6 Å². The molecule has 0 radical (unpaired) electrons. The molecular formula is C16H36IN3O3.